The number of fused-ring (bicyclic) bond motifs is 7. The molecule has 26 heavy (non-hydrogen) atoms. The van der Waals surface area contributed by atoms with E-state index < -0.39 is 24.4 Å². The van der Waals surface area contributed by atoms with Crippen LogP contribution in [-0.4, -0.2) is 32.6 Å². The van der Waals surface area contributed by atoms with Crippen molar-refractivity contribution < 1.29 is 20.4 Å². The molecule has 0 saturated heterocycles. The van der Waals surface area contributed by atoms with E-state index in [9.17, 15) is 20.4 Å². The van der Waals surface area contributed by atoms with Crippen molar-refractivity contribution in [1.29, 1.82) is 0 Å². The van der Waals surface area contributed by atoms with Gasteiger partial charge in [-0.3, -0.25) is 0 Å². The highest BCUT2D eigenvalue weighted by Crippen LogP contribution is 2.40. The molecule has 0 aliphatic heterocycles. The molecule has 0 amide bonds. The second-order valence-electron chi connectivity index (χ2n) is 6.98. The quantitative estimate of drug-likeness (QED) is 0.472. The first kappa shape index (κ1) is 15.7. The minimum absolute atomic E-state index is 0.711. The number of hydrogen-bond donors (Lipinski definition) is 4. The molecule has 3 aromatic rings. The third-order valence-corrected chi connectivity index (χ3v) is 5.54. The lowest BCUT2D eigenvalue weighted by Crippen LogP contribution is -2.20. The average Bonchev–Trinajstić information content (AvgIpc) is 2.66. The molecule has 0 fully saturated rings. The number of benzene rings is 3. The molecule has 0 radical (unpaired) electrons. The van der Waals surface area contributed by atoms with Crippen LogP contribution in [-0.2, 0) is 0 Å². The summed E-state index contributed by atoms with van der Waals surface area (Å²) in [6, 6.07) is 11.7. The Morgan fingerprint density at radius 3 is 1.85 bits per heavy atom. The molecular formula is C22H18O4. The van der Waals surface area contributed by atoms with E-state index in [1.165, 1.54) is 0 Å². The van der Waals surface area contributed by atoms with Crippen LogP contribution >= 0.6 is 0 Å². The van der Waals surface area contributed by atoms with Crippen LogP contribution in [0.5, 0.6) is 0 Å². The monoisotopic (exact) mass is 346 g/mol. The topological polar surface area (TPSA) is 80.9 Å². The minimum Gasteiger partial charge on any atom is -0.386 e. The molecule has 2 aliphatic carbocycles. The standard InChI is InChI=1S/C22H18O4/c23-18-9-7-13-12-3-1-11-2-4-17-15(8-10-19(24)22(17)26)20(11)14(12)5-6-16(13)21(18)25/h1-10,18-19,21-26H/t18-,19-,21-,22-/m1/s1. The van der Waals surface area contributed by atoms with E-state index in [-0.39, 0.29) is 0 Å². The van der Waals surface area contributed by atoms with Crippen LogP contribution in [0.25, 0.3) is 33.7 Å². The molecule has 4 N–H and O–H groups in total. The van der Waals surface area contributed by atoms with Crippen molar-refractivity contribution in [2.24, 2.45) is 0 Å². The third-order valence-electron chi connectivity index (χ3n) is 5.54. The maximum Gasteiger partial charge on any atom is 0.109 e. The van der Waals surface area contributed by atoms with E-state index in [2.05, 4.69) is 0 Å². The number of aliphatic hydroxyl groups excluding tert-OH is 4. The second-order valence-corrected chi connectivity index (χ2v) is 6.98. The fraction of sp³-hybridized carbons (Fsp3) is 0.182. The Hall–Kier alpha value is -2.50. The molecule has 3 aromatic carbocycles. The van der Waals surface area contributed by atoms with Crippen LogP contribution < -0.4 is 0 Å². The van der Waals surface area contributed by atoms with Crippen LogP contribution in [0.1, 0.15) is 34.5 Å². The fourth-order valence-corrected chi connectivity index (χ4v) is 4.17. The van der Waals surface area contributed by atoms with Gasteiger partial charge in [0.05, 0.1) is 0 Å². The first-order valence-electron chi connectivity index (χ1n) is 8.67. The van der Waals surface area contributed by atoms with Gasteiger partial charge in [-0.05, 0) is 43.8 Å². The smallest absolute Gasteiger partial charge is 0.109 e. The summed E-state index contributed by atoms with van der Waals surface area (Å²) < 4.78 is 0. The van der Waals surface area contributed by atoms with Gasteiger partial charge in [-0.25, -0.2) is 0 Å². The van der Waals surface area contributed by atoms with Crippen molar-refractivity contribution in [3.8, 4) is 0 Å². The minimum atomic E-state index is -0.941. The molecule has 2 aliphatic rings. The molecule has 0 aromatic heterocycles. The Balaban J connectivity index is 1.88. The van der Waals surface area contributed by atoms with Gasteiger partial charge in [0.15, 0.2) is 0 Å². The molecule has 5 rings (SSSR count). The van der Waals surface area contributed by atoms with Gasteiger partial charge in [-0.1, -0.05) is 60.7 Å². The van der Waals surface area contributed by atoms with Crippen molar-refractivity contribution in [3.05, 3.63) is 70.8 Å². The Morgan fingerprint density at radius 2 is 1.12 bits per heavy atom. The third kappa shape index (κ3) is 2.04. The molecule has 0 bridgehead atoms. The van der Waals surface area contributed by atoms with Crippen molar-refractivity contribution in [1.82, 2.24) is 0 Å². The maximum absolute atomic E-state index is 10.3. The molecule has 0 heterocycles. The Labute approximate surface area is 150 Å². The lowest BCUT2D eigenvalue weighted by atomic mass is 9.84. The van der Waals surface area contributed by atoms with E-state index in [1.54, 1.807) is 12.2 Å². The summed E-state index contributed by atoms with van der Waals surface area (Å²) in [6.07, 6.45) is 3.27. The SMILES string of the molecule is O[C@@H]1C=Cc2c(ccc3c2ccc2ccc4c(c23)C=C[C@@H](O)[C@@H]4O)[C@H]1O. The first-order chi connectivity index (χ1) is 12.6. The van der Waals surface area contributed by atoms with Gasteiger partial charge >= 0.3 is 0 Å². The first-order valence-corrected chi connectivity index (χ1v) is 8.67. The van der Waals surface area contributed by atoms with Gasteiger partial charge in [0.1, 0.15) is 24.4 Å². The van der Waals surface area contributed by atoms with Gasteiger partial charge in [0, 0.05) is 0 Å². The van der Waals surface area contributed by atoms with Gasteiger partial charge < -0.3 is 20.4 Å². The van der Waals surface area contributed by atoms with E-state index >= 15 is 0 Å². The number of rotatable bonds is 0. The lowest BCUT2D eigenvalue weighted by molar-refractivity contribution is 0.0471. The van der Waals surface area contributed by atoms with Crippen LogP contribution in [0.15, 0.2) is 48.6 Å². The van der Waals surface area contributed by atoms with Crippen molar-refractivity contribution in [3.63, 3.8) is 0 Å². The fourth-order valence-electron chi connectivity index (χ4n) is 4.17. The molecule has 4 heteroatoms. The highest BCUT2D eigenvalue weighted by Gasteiger charge is 2.26. The van der Waals surface area contributed by atoms with Gasteiger partial charge in [0.2, 0.25) is 0 Å². The zero-order chi connectivity index (χ0) is 18.0. The molecule has 4 atom stereocenters. The largest absolute Gasteiger partial charge is 0.386 e. The average molecular weight is 346 g/mol. The summed E-state index contributed by atoms with van der Waals surface area (Å²) in [6.45, 7) is 0. The zero-order valence-corrected chi connectivity index (χ0v) is 13.9. The van der Waals surface area contributed by atoms with Crippen molar-refractivity contribution in [2.75, 3.05) is 0 Å². The zero-order valence-electron chi connectivity index (χ0n) is 13.9. The maximum atomic E-state index is 10.3. The molecule has 130 valence electrons. The molecule has 0 spiro atoms. The molecule has 0 unspecified atom stereocenters. The van der Waals surface area contributed by atoms with E-state index in [0.29, 0.717) is 11.1 Å². The van der Waals surface area contributed by atoms with Gasteiger partial charge in [-0.15, -0.1) is 0 Å². The Bertz CT molecular complexity index is 1110. The van der Waals surface area contributed by atoms with Crippen molar-refractivity contribution >= 4 is 33.7 Å². The van der Waals surface area contributed by atoms with Crippen LogP contribution in [0.4, 0.5) is 0 Å². The summed E-state index contributed by atoms with van der Waals surface area (Å²) in [4.78, 5) is 0. The van der Waals surface area contributed by atoms with E-state index in [4.69, 9.17) is 0 Å². The van der Waals surface area contributed by atoms with Gasteiger partial charge in [-0.2, -0.15) is 0 Å². The van der Waals surface area contributed by atoms with Gasteiger partial charge in [0.25, 0.3) is 0 Å². The Kier molecular flexibility index (Phi) is 3.33. The molecule has 4 nitrogen and oxygen atoms in total. The number of hydrogen-bond acceptors (Lipinski definition) is 4. The second kappa shape index (κ2) is 5.50. The van der Waals surface area contributed by atoms with E-state index in [0.717, 1.165) is 32.7 Å². The number of aliphatic hydroxyl groups is 4. The predicted octanol–water partition coefficient (Wildman–Crippen LogP) is 2.84. The summed E-state index contributed by atoms with van der Waals surface area (Å²) in [5.74, 6) is 0. The lowest BCUT2D eigenvalue weighted by Gasteiger charge is -2.25. The summed E-state index contributed by atoms with van der Waals surface area (Å²) >= 11 is 0. The van der Waals surface area contributed by atoms with Crippen LogP contribution in [0, 0.1) is 0 Å². The van der Waals surface area contributed by atoms with Crippen LogP contribution in [0.2, 0.25) is 0 Å². The Morgan fingerprint density at radius 1 is 0.577 bits per heavy atom. The van der Waals surface area contributed by atoms with Crippen LogP contribution in [0.3, 0.4) is 0 Å². The predicted molar refractivity (Wildman–Crippen MR) is 101 cm³/mol. The highest BCUT2D eigenvalue weighted by molar-refractivity contribution is 6.14. The summed E-state index contributed by atoms with van der Waals surface area (Å²) in [5, 5.41) is 44.5. The summed E-state index contributed by atoms with van der Waals surface area (Å²) in [5.41, 5.74) is 3.23. The molecule has 0 saturated carbocycles. The normalized spacial score (nSPS) is 26.9. The summed E-state index contributed by atoms with van der Waals surface area (Å²) in [7, 11) is 0. The van der Waals surface area contributed by atoms with Crippen molar-refractivity contribution in [2.45, 2.75) is 24.4 Å². The van der Waals surface area contributed by atoms with E-state index in [1.807, 2.05) is 48.6 Å². The highest BCUT2D eigenvalue weighted by atomic mass is 16.3. The molecular weight excluding hydrogens is 328 g/mol.